The van der Waals surface area contributed by atoms with Gasteiger partial charge in [0, 0.05) is 0 Å². The van der Waals surface area contributed by atoms with E-state index in [2.05, 4.69) is 26.1 Å². The minimum atomic E-state index is 0.922. The van der Waals surface area contributed by atoms with Crippen molar-refractivity contribution in [2.24, 2.45) is 41.4 Å². The van der Waals surface area contributed by atoms with Crippen LogP contribution in [0.5, 0.6) is 0 Å². The summed E-state index contributed by atoms with van der Waals surface area (Å²) in [4.78, 5) is 0. The predicted molar refractivity (Wildman–Crippen MR) is 151 cm³/mol. The van der Waals surface area contributed by atoms with E-state index in [4.69, 9.17) is 0 Å². The Hall–Kier alpha value is -0.0400. The Kier molecular flexibility index (Phi) is 14.0. The molecule has 1 nitrogen and oxygen atoms in total. The van der Waals surface area contributed by atoms with Gasteiger partial charge in [0.05, 0.1) is 0 Å². The van der Waals surface area contributed by atoms with E-state index in [0.29, 0.717) is 0 Å². The average Bonchev–Trinajstić information content (AvgIpc) is 3.08. The number of unbranched alkanes of at least 4 members (excludes halogenated alkanes) is 1. The topological polar surface area (TPSA) is 12.0 Å². The van der Waals surface area contributed by atoms with E-state index in [-0.39, 0.29) is 0 Å². The van der Waals surface area contributed by atoms with Gasteiger partial charge in [0.2, 0.25) is 0 Å². The van der Waals surface area contributed by atoms with Crippen LogP contribution < -0.4 is 5.32 Å². The molecule has 3 saturated carbocycles. The Balaban J connectivity index is 1.58. The van der Waals surface area contributed by atoms with Crippen LogP contribution in [0.25, 0.3) is 0 Å². The Labute approximate surface area is 215 Å². The summed E-state index contributed by atoms with van der Waals surface area (Å²) in [6, 6.07) is 0. The molecule has 0 heterocycles. The fraction of sp³-hybridized carbons (Fsp3) is 1.00. The van der Waals surface area contributed by atoms with E-state index in [1.165, 1.54) is 116 Å². The second-order valence-corrected chi connectivity index (χ2v) is 13.3. The van der Waals surface area contributed by atoms with Crippen molar-refractivity contribution >= 4 is 0 Å². The van der Waals surface area contributed by atoms with Gasteiger partial charge in [-0.05, 0) is 86.6 Å². The van der Waals surface area contributed by atoms with E-state index in [1.807, 2.05) is 0 Å². The lowest BCUT2D eigenvalue weighted by molar-refractivity contribution is 0.184. The van der Waals surface area contributed by atoms with Crippen LogP contribution in [0.2, 0.25) is 0 Å². The normalized spacial score (nSPS) is 37.0. The summed E-state index contributed by atoms with van der Waals surface area (Å²) in [5, 5.41) is 3.96. The highest BCUT2D eigenvalue weighted by Crippen LogP contribution is 2.39. The highest BCUT2D eigenvalue weighted by Gasteiger charge is 2.28. The van der Waals surface area contributed by atoms with Crippen LogP contribution >= 0.6 is 0 Å². The van der Waals surface area contributed by atoms with Gasteiger partial charge in [0.15, 0.2) is 0 Å². The summed E-state index contributed by atoms with van der Waals surface area (Å²) in [6.45, 7) is 9.92. The van der Waals surface area contributed by atoms with Crippen LogP contribution in [0.4, 0.5) is 0 Å². The fourth-order valence-corrected chi connectivity index (χ4v) is 7.86. The molecule has 0 aromatic rings. The second-order valence-electron chi connectivity index (χ2n) is 13.3. The molecule has 3 aliphatic carbocycles. The third-order valence-electron chi connectivity index (χ3n) is 10.8. The molecule has 1 heteroatoms. The number of hydrogen-bond acceptors (Lipinski definition) is 1. The van der Waals surface area contributed by atoms with Gasteiger partial charge in [-0.2, -0.15) is 0 Å². The van der Waals surface area contributed by atoms with Crippen molar-refractivity contribution in [1.29, 1.82) is 0 Å². The van der Waals surface area contributed by atoms with Crippen LogP contribution in [0.15, 0.2) is 0 Å². The molecule has 5 unspecified atom stereocenters. The van der Waals surface area contributed by atoms with Gasteiger partial charge < -0.3 is 5.32 Å². The number of hydrogen-bond donors (Lipinski definition) is 1. The average molecular weight is 474 g/mol. The van der Waals surface area contributed by atoms with E-state index in [0.717, 1.165) is 41.4 Å². The molecule has 3 rings (SSSR count). The van der Waals surface area contributed by atoms with Gasteiger partial charge >= 0.3 is 0 Å². The molecule has 0 spiro atoms. The van der Waals surface area contributed by atoms with E-state index >= 15 is 0 Å². The zero-order valence-corrected chi connectivity index (χ0v) is 23.8. The first-order valence-electron chi connectivity index (χ1n) is 16.4. The molecular weight excluding hydrogens is 410 g/mol. The van der Waals surface area contributed by atoms with E-state index < -0.39 is 0 Å². The fourth-order valence-electron chi connectivity index (χ4n) is 7.86. The van der Waals surface area contributed by atoms with Gasteiger partial charge in [0.1, 0.15) is 0 Å². The molecule has 0 aromatic carbocycles. The first-order chi connectivity index (χ1) is 16.7. The van der Waals surface area contributed by atoms with Crippen molar-refractivity contribution in [3.05, 3.63) is 0 Å². The van der Waals surface area contributed by atoms with Crippen LogP contribution in [0, 0.1) is 41.4 Å². The Morgan fingerprint density at radius 3 is 1.82 bits per heavy atom. The highest BCUT2D eigenvalue weighted by atomic mass is 14.9. The van der Waals surface area contributed by atoms with Crippen molar-refractivity contribution in [2.75, 3.05) is 13.1 Å². The lowest BCUT2D eigenvalue weighted by atomic mass is 9.75. The van der Waals surface area contributed by atoms with Crippen LogP contribution in [0.1, 0.15) is 156 Å². The monoisotopic (exact) mass is 473 g/mol. The maximum atomic E-state index is 3.96. The molecule has 0 saturated heterocycles. The second kappa shape index (κ2) is 16.7. The van der Waals surface area contributed by atoms with Crippen molar-refractivity contribution in [2.45, 2.75) is 156 Å². The number of rotatable bonds is 8. The minimum absolute atomic E-state index is 0.922. The largest absolute Gasteiger partial charge is 0.316 e. The molecule has 0 aliphatic heterocycles. The Morgan fingerprint density at radius 1 is 0.588 bits per heavy atom. The predicted octanol–water partition coefficient (Wildman–Crippen LogP) is 10.2. The summed E-state index contributed by atoms with van der Waals surface area (Å²) >= 11 is 0. The molecule has 34 heavy (non-hydrogen) atoms. The molecule has 7 atom stereocenters. The molecule has 3 aliphatic rings. The van der Waals surface area contributed by atoms with Crippen LogP contribution in [0.3, 0.4) is 0 Å². The Morgan fingerprint density at radius 2 is 1.24 bits per heavy atom. The zero-order valence-electron chi connectivity index (χ0n) is 23.8. The summed E-state index contributed by atoms with van der Waals surface area (Å²) in [7, 11) is 0. The van der Waals surface area contributed by atoms with Gasteiger partial charge in [-0.25, -0.2) is 0 Å². The molecule has 0 amide bonds. The summed E-state index contributed by atoms with van der Waals surface area (Å²) in [6.07, 6.45) is 31.5. The molecule has 0 bridgehead atoms. The van der Waals surface area contributed by atoms with Gasteiger partial charge in [-0.3, -0.25) is 0 Å². The number of nitrogens with one attached hydrogen (secondary N) is 1. The quantitative estimate of drug-likeness (QED) is 0.369. The SMILES string of the molecule is CCCCC1CCCCC[C@H](CNCC2CCC2C)CC(CC)CCC2CCCCC[C@@H]2CC1. The van der Waals surface area contributed by atoms with Crippen LogP contribution in [-0.2, 0) is 0 Å². The first-order valence-corrected chi connectivity index (χ1v) is 16.4. The van der Waals surface area contributed by atoms with Crippen molar-refractivity contribution < 1.29 is 0 Å². The third-order valence-corrected chi connectivity index (χ3v) is 10.8. The molecule has 3 fully saturated rings. The lowest BCUT2D eigenvalue weighted by Crippen LogP contribution is -2.36. The molecule has 0 aromatic heterocycles. The van der Waals surface area contributed by atoms with Gasteiger partial charge in [-0.15, -0.1) is 0 Å². The smallest absolute Gasteiger partial charge is 0.00179 e. The maximum absolute atomic E-state index is 3.96. The van der Waals surface area contributed by atoms with E-state index in [9.17, 15) is 0 Å². The molecule has 1 N–H and O–H groups in total. The lowest BCUT2D eigenvalue weighted by Gasteiger charge is -2.34. The summed E-state index contributed by atoms with van der Waals surface area (Å²) in [5.41, 5.74) is 0. The van der Waals surface area contributed by atoms with E-state index in [1.54, 1.807) is 32.1 Å². The molecule has 200 valence electrons. The Bertz CT molecular complexity index is 501. The molecule has 0 radical (unpaired) electrons. The summed E-state index contributed by atoms with van der Waals surface area (Å²) < 4.78 is 0. The van der Waals surface area contributed by atoms with Crippen molar-refractivity contribution in [3.8, 4) is 0 Å². The van der Waals surface area contributed by atoms with Gasteiger partial charge in [-0.1, -0.05) is 124 Å². The minimum Gasteiger partial charge on any atom is -0.316 e. The van der Waals surface area contributed by atoms with Gasteiger partial charge in [0.25, 0.3) is 0 Å². The zero-order chi connectivity index (χ0) is 24.0. The molecular formula is C33H63N. The highest BCUT2D eigenvalue weighted by molar-refractivity contribution is 4.81. The summed E-state index contributed by atoms with van der Waals surface area (Å²) in [5.74, 6) is 6.96. The third kappa shape index (κ3) is 10.1. The van der Waals surface area contributed by atoms with Crippen molar-refractivity contribution in [3.63, 3.8) is 0 Å². The van der Waals surface area contributed by atoms with Crippen LogP contribution in [-0.4, -0.2) is 13.1 Å². The maximum Gasteiger partial charge on any atom is -0.00179 e. The standard InChI is InChI=1S/C33H63N/c1-4-6-13-29-14-9-7-10-15-30(25-34-26-33-21-18-27(33)3)24-28(5-2)19-22-31-16-11-8-12-17-32(31)23-20-29/h27-34H,4-26H2,1-3H3/t27?,28?,29?,30-,31?,32+,33?/m0/s1. The van der Waals surface area contributed by atoms with Crippen molar-refractivity contribution in [1.82, 2.24) is 5.32 Å². The number of fused-ring (bicyclic) bond motifs is 1. The first kappa shape index (κ1) is 28.5.